The lowest BCUT2D eigenvalue weighted by atomic mass is 11.0. The molecule has 1 aliphatic heterocycles. The lowest BCUT2D eigenvalue weighted by Crippen LogP contribution is -2.23. The molecule has 5 heteroatoms. The summed E-state index contributed by atoms with van der Waals surface area (Å²) < 4.78 is 1.14. The highest BCUT2D eigenvalue weighted by molar-refractivity contribution is 6.29. The van der Waals surface area contributed by atoms with Gasteiger partial charge in [0, 0.05) is 11.8 Å². The fourth-order valence-corrected chi connectivity index (χ4v) is 0.562. The molecule has 7 heavy (non-hydrogen) atoms. The molecule has 1 N–H and O–H groups in total. The minimum atomic E-state index is 0.356. The molecule has 0 saturated carbocycles. The Morgan fingerprint density at radius 3 is 2.71 bits per heavy atom. The highest BCUT2D eigenvalue weighted by Gasteiger charge is 2.05. The van der Waals surface area contributed by atoms with E-state index >= 15 is 0 Å². The fourth-order valence-electron chi connectivity index (χ4n) is 0.247. The lowest BCUT2D eigenvalue weighted by Gasteiger charge is -1.97. The maximum Gasteiger partial charge on any atom is 0.164 e. The molecule has 0 saturated heterocycles. The Morgan fingerprint density at radius 1 is 1.86 bits per heavy atom. The van der Waals surface area contributed by atoms with Crippen LogP contribution in [0.2, 0.25) is 0 Å². The predicted molar refractivity (Wildman–Crippen MR) is 26.9 cm³/mol. The Morgan fingerprint density at radius 2 is 2.57 bits per heavy atom. The van der Waals surface area contributed by atoms with Crippen LogP contribution in [0.1, 0.15) is 0 Å². The van der Waals surface area contributed by atoms with Crippen LogP contribution in [0.3, 0.4) is 0 Å². The molecule has 0 amide bonds. The summed E-state index contributed by atoms with van der Waals surface area (Å²) in [6.07, 6.45) is 1.45. The van der Waals surface area contributed by atoms with E-state index < -0.39 is 0 Å². The van der Waals surface area contributed by atoms with Crippen molar-refractivity contribution in [2.45, 2.75) is 0 Å². The van der Waals surface area contributed by atoms with Gasteiger partial charge in [-0.1, -0.05) is 11.6 Å². The van der Waals surface area contributed by atoms with Gasteiger partial charge in [0.1, 0.15) is 0 Å². The van der Waals surface area contributed by atoms with Crippen LogP contribution in [0.25, 0.3) is 0 Å². The van der Waals surface area contributed by atoms with Crippen LogP contribution in [0, 0.1) is 0 Å². The lowest BCUT2D eigenvalue weighted by molar-refractivity contribution is 0.428. The van der Waals surface area contributed by atoms with Crippen molar-refractivity contribution in [3.63, 3.8) is 0 Å². The SMILES string of the molecule is ClC1=CN(Cl)N[N]1. The van der Waals surface area contributed by atoms with E-state index in [0.29, 0.717) is 5.16 Å². The average molecular weight is 139 g/mol. The third-order valence-corrected chi connectivity index (χ3v) is 0.828. The summed E-state index contributed by atoms with van der Waals surface area (Å²) >= 11 is 10.6. The molecular formula is C2H2Cl2N3. The first-order valence-electron chi connectivity index (χ1n) is 1.58. The summed E-state index contributed by atoms with van der Waals surface area (Å²) in [5.74, 6) is 0. The second-order valence-corrected chi connectivity index (χ2v) is 1.73. The molecule has 0 bridgehead atoms. The second kappa shape index (κ2) is 1.78. The number of rotatable bonds is 0. The van der Waals surface area contributed by atoms with Gasteiger partial charge in [-0.25, -0.2) is 4.53 Å². The number of nitrogens with one attached hydrogen (secondary N) is 1. The first-order chi connectivity index (χ1) is 3.29. The number of hydrazine groups is 1. The van der Waals surface area contributed by atoms with Crippen LogP contribution in [0.4, 0.5) is 0 Å². The molecule has 0 aromatic carbocycles. The van der Waals surface area contributed by atoms with Crippen molar-refractivity contribution in [1.82, 2.24) is 15.5 Å². The zero-order valence-electron chi connectivity index (χ0n) is 3.23. The van der Waals surface area contributed by atoms with Crippen LogP contribution >= 0.6 is 23.4 Å². The summed E-state index contributed by atoms with van der Waals surface area (Å²) in [4.78, 5) is 0. The maximum absolute atomic E-state index is 5.31. The topological polar surface area (TPSA) is 29.4 Å². The molecule has 1 radical (unpaired) electrons. The van der Waals surface area contributed by atoms with Gasteiger partial charge in [0.25, 0.3) is 0 Å². The Hall–Kier alpha value is -0.120. The molecular weight excluding hydrogens is 137 g/mol. The van der Waals surface area contributed by atoms with E-state index in [4.69, 9.17) is 23.4 Å². The molecule has 0 atom stereocenters. The van der Waals surface area contributed by atoms with E-state index in [1.165, 1.54) is 6.20 Å². The van der Waals surface area contributed by atoms with Gasteiger partial charge in [-0.2, -0.15) is 5.43 Å². The fraction of sp³-hybridized carbons (Fsp3) is 0. The Labute approximate surface area is 50.9 Å². The summed E-state index contributed by atoms with van der Waals surface area (Å²) in [5, 5.41) is 0.356. The molecule has 0 unspecified atom stereocenters. The predicted octanol–water partition coefficient (Wildman–Crippen LogP) is 0.518. The number of hydrogen-bond donors (Lipinski definition) is 1. The standard InChI is InChI=1S/C2H2Cl2N3/c3-2-1-7(4)6-5-2/h1,6H. The number of halogens is 2. The van der Waals surface area contributed by atoms with Crippen molar-refractivity contribution in [3.05, 3.63) is 11.4 Å². The highest BCUT2D eigenvalue weighted by Crippen LogP contribution is 2.05. The van der Waals surface area contributed by atoms with Gasteiger partial charge >= 0.3 is 0 Å². The smallest absolute Gasteiger partial charge is 0.164 e. The maximum atomic E-state index is 5.31. The first kappa shape index (κ1) is 5.03. The van der Waals surface area contributed by atoms with Crippen LogP contribution < -0.4 is 11.0 Å². The summed E-state index contributed by atoms with van der Waals surface area (Å²) in [7, 11) is 0. The van der Waals surface area contributed by atoms with Gasteiger partial charge in [-0.15, -0.1) is 5.53 Å². The van der Waals surface area contributed by atoms with E-state index in [9.17, 15) is 0 Å². The quantitative estimate of drug-likeness (QED) is 0.391. The van der Waals surface area contributed by atoms with Crippen LogP contribution in [0.5, 0.6) is 0 Å². The van der Waals surface area contributed by atoms with Crippen molar-refractivity contribution in [2.75, 3.05) is 0 Å². The molecule has 1 aliphatic rings. The van der Waals surface area contributed by atoms with Crippen molar-refractivity contribution >= 4 is 23.4 Å². The minimum Gasteiger partial charge on any atom is -0.202 e. The average Bonchev–Trinajstić information content (AvgIpc) is 1.87. The molecule has 1 rings (SSSR count). The molecule has 39 valence electrons. The zero-order chi connectivity index (χ0) is 5.28. The van der Waals surface area contributed by atoms with Crippen LogP contribution in [-0.2, 0) is 0 Å². The van der Waals surface area contributed by atoms with E-state index in [1.54, 1.807) is 0 Å². The summed E-state index contributed by atoms with van der Waals surface area (Å²) in [5.41, 5.74) is 5.86. The largest absolute Gasteiger partial charge is 0.202 e. The molecule has 3 nitrogen and oxygen atoms in total. The van der Waals surface area contributed by atoms with Gasteiger partial charge in [0.15, 0.2) is 5.16 Å². The van der Waals surface area contributed by atoms with E-state index in [2.05, 4.69) is 11.0 Å². The van der Waals surface area contributed by atoms with Gasteiger partial charge in [0.05, 0.1) is 6.20 Å². The summed E-state index contributed by atoms with van der Waals surface area (Å²) in [6.45, 7) is 0. The van der Waals surface area contributed by atoms with Crippen molar-refractivity contribution < 1.29 is 0 Å². The zero-order valence-corrected chi connectivity index (χ0v) is 4.74. The molecule has 0 fully saturated rings. The van der Waals surface area contributed by atoms with Crippen molar-refractivity contribution in [1.29, 1.82) is 0 Å². The molecule has 0 spiro atoms. The highest BCUT2D eigenvalue weighted by atomic mass is 35.5. The van der Waals surface area contributed by atoms with E-state index in [0.717, 1.165) is 4.53 Å². The monoisotopic (exact) mass is 138 g/mol. The Kier molecular flexibility index (Phi) is 1.27. The first-order valence-corrected chi connectivity index (χ1v) is 2.29. The van der Waals surface area contributed by atoms with Gasteiger partial charge in [-0.3, -0.25) is 0 Å². The van der Waals surface area contributed by atoms with Crippen molar-refractivity contribution in [3.8, 4) is 0 Å². The number of hydrogen-bond acceptors (Lipinski definition) is 2. The third kappa shape index (κ3) is 1.12. The summed E-state index contributed by atoms with van der Waals surface area (Å²) in [6, 6.07) is 0. The molecule has 0 aliphatic carbocycles. The van der Waals surface area contributed by atoms with Gasteiger partial charge in [0.2, 0.25) is 0 Å². The van der Waals surface area contributed by atoms with E-state index in [1.807, 2.05) is 0 Å². The van der Waals surface area contributed by atoms with E-state index in [-0.39, 0.29) is 0 Å². The van der Waals surface area contributed by atoms with Crippen LogP contribution in [0.15, 0.2) is 11.4 Å². The third-order valence-electron chi connectivity index (χ3n) is 0.472. The van der Waals surface area contributed by atoms with Crippen molar-refractivity contribution in [2.24, 2.45) is 0 Å². The van der Waals surface area contributed by atoms with Gasteiger partial charge < -0.3 is 0 Å². The van der Waals surface area contributed by atoms with Crippen LogP contribution in [-0.4, -0.2) is 4.53 Å². The normalized spacial score (nSPS) is 19.1. The minimum absolute atomic E-state index is 0.356. The number of nitrogens with zero attached hydrogens (tertiary/aromatic N) is 2. The Balaban J connectivity index is 2.50. The molecule has 0 aromatic rings. The molecule has 1 heterocycles. The Bertz CT molecular complexity index is 101. The molecule has 0 aromatic heterocycles. The van der Waals surface area contributed by atoms with Gasteiger partial charge in [-0.05, 0) is 0 Å². The second-order valence-electron chi connectivity index (χ2n) is 0.975.